The molecule has 1 heterocycles. The summed E-state index contributed by atoms with van der Waals surface area (Å²) in [7, 11) is 1.52. The molecule has 23 heavy (non-hydrogen) atoms. The van der Waals surface area contributed by atoms with Crippen molar-refractivity contribution in [2.45, 2.75) is 0 Å². The molecule has 2 aromatic carbocycles. The Morgan fingerprint density at radius 2 is 2.09 bits per heavy atom. The van der Waals surface area contributed by atoms with Crippen LogP contribution in [-0.4, -0.2) is 26.0 Å². The second-order valence-electron chi connectivity index (χ2n) is 4.66. The van der Waals surface area contributed by atoms with Crippen LogP contribution < -0.4 is 19.6 Å². The van der Waals surface area contributed by atoms with E-state index in [0.717, 1.165) is 0 Å². The average Bonchev–Trinajstić information content (AvgIpc) is 3.03. The zero-order chi connectivity index (χ0) is 16.2. The maximum Gasteiger partial charge on any atom is 0.271 e. The molecule has 3 rings (SSSR count). The summed E-state index contributed by atoms with van der Waals surface area (Å²) >= 11 is 0. The summed E-state index contributed by atoms with van der Waals surface area (Å²) in [4.78, 5) is 11.8. The summed E-state index contributed by atoms with van der Waals surface area (Å²) in [6.45, 7) is 0.133. The third kappa shape index (κ3) is 3.23. The fraction of sp³-hybridized carbons (Fsp3) is 0.125. The topological polar surface area (TPSA) is 69.2 Å². The van der Waals surface area contributed by atoms with Gasteiger partial charge in [-0.1, -0.05) is 0 Å². The minimum Gasteiger partial charge on any atom is -0.493 e. The molecule has 0 fully saturated rings. The molecule has 2 aromatic rings. The van der Waals surface area contributed by atoms with Crippen molar-refractivity contribution in [2.24, 2.45) is 5.10 Å². The van der Waals surface area contributed by atoms with Crippen LogP contribution in [0.15, 0.2) is 41.5 Å². The van der Waals surface area contributed by atoms with Gasteiger partial charge in [0.1, 0.15) is 5.82 Å². The van der Waals surface area contributed by atoms with Crippen LogP contribution in [0, 0.1) is 5.82 Å². The monoisotopic (exact) mass is 316 g/mol. The number of halogens is 1. The molecule has 0 aliphatic carbocycles. The molecule has 0 spiro atoms. The van der Waals surface area contributed by atoms with E-state index < -0.39 is 11.7 Å². The highest BCUT2D eigenvalue weighted by molar-refractivity contribution is 5.94. The maximum atomic E-state index is 12.8. The van der Waals surface area contributed by atoms with Gasteiger partial charge in [0.05, 0.1) is 13.3 Å². The van der Waals surface area contributed by atoms with E-state index in [4.69, 9.17) is 14.2 Å². The van der Waals surface area contributed by atoms with Crippen LogP contribution in [0.25, 0.3) is 0 Å². The number of nitrogens with zero attached hydrogens (tertiary/aromatic N) is 1. The number of hydrogen-bond donors (Lipinski definition) is 1. The van der Waals surface area contributed by atoms with Gasteiger partial charge in [0.2, 0.25) is 12.5 Å². The Morgan fingerprint density at radius 3 is 2.83 bits per heavy atom. The number of benzene rings is 2. The Hall–Kier alpha value is -3.09. The lowest BCUT2D eigenvalue weighted by Crippen LogP contribution is -2.17. The van der Waals surface area contributed by atoms with Crippen LogP contribution in [0.2, 0.25) is 0 Å². The lowest BCUT2D eigenvalue weighted by molar-refractivity contribution is 0.0955. The van der Waals surface area contributed by atoms with Gasteiger partial charge in [-0.15, -0.1) is 0 Å². The van der Waals surface area contributed by atoms with Gasteiger partial charge in [-0.05, 0) is 36.4 Å². The molecule has 0 aromatic heterocycles. The molecule has 0 saturated carbocycles. The standard InChI is InChI=1S/C16H13FN2O4/c1-21-13-6-10(7-14-15(13)23-9-22-14)8-18-19-16(20)11-2-4-12(17)5-3-11/h2-8H,9H2,1H3,(H,19,20)/b18-8-. The predicted octanol–water partition coefficient (Wildman–Crippen LogP) is 2.33. The molecule has 6 nitrogen and oxygen atoms in total. The van der Waals surface area contributed by atoms with E-state index in [1.54, 1.807) is 12.1 Å². The summed E-state index contributed by atoms with van der Waals surface area (Å²) in [5.41, 5.74) is 3.35. The van der Waals surface area contributed by atoms with E-state index >= 15 is 0 Å². The normalized spacial score (nSPS) is 12.4. The summed E-state index contributed by atoms with van der Waals surface area (Å²) in [5.74, 6) is 0.772. The first kappa shape index (κ1) is 14.8. The van der Waals surface area contributed by atoms with E-state index in [2.05, 4.69) is 10.5 Å². The zero-order valence-electron chi connectivity index (χ0n) is 12.2. The lowest BCUT2D eigenvalue weighted by Gasteiger charge is -2.05. The molecule has 0 radical (unpaired) electrons. The molecule has 1 aliphatic rings. The van der Waals surface area contributed by atoms with Gasteiger partial charge in [-0.3, -0.25) is 4.79 Å². The number of amides is 1. The predicted molar refractivity (Wildman–Crippen MR) is 80.6 cm³/mol. The number of nitrogens with one attached hydrogen (secondary N) is 1. The van der Waals surface area contributed by atoms with Gasteiger partial charge in [-0.25, -0.2) is 9.82 Å². The Labute approximate surface area is 131 Å². The lowest BCUT2D eigenvalue weighted by atomic mass is 10.2. The van der Waals surface area contributed by atoms with E-state index in [1.165, 1.54) is 37.6 Å². The summed E-state index contributed by atoms with van der Waals surface area (Å²) < 4.78 is 28.6. The fourth-order valence-electron chi connectivity index (χ4n) is 2.06. The number of hydrogen-bond acceptors (Lipinski definition) is 5. The third-order valence-electron chi connectivity index (χ3n) is 3.17. The second kappa shape index (κ2) is 6.35. The highest BCUT2D eigenvalue weighted by Gasteiger charge is 2.19. The van der Waals surface area contributed by atoms with Crippen molar-refractivity contribution in [3.63, 3.8) is 0 Å². The first-order chi connectivity index (χ1) is 11.2. The number of carbonyl (C=O) groups excluding carboxylic acids is 1. The molecule has 7 heteroatoms. The molecule has 1 N–H and O–H groups in total. The van der Waals surface area contributed by atoms with Crippen LogP contribution in [0.5, 0.6) is 17.2 Å². The van der Waals surface area contributed by atoms with Crippen LogP contribution >= 0.6 is 0 Å². The van der Waals surface area contributed by atoms with Crippen molar-refractivity contribution in [1.29, 1.82) is 0 Å². The van der Waals surface area contributed by atoms with Crippen molar-refractivity contribution in [3.05, 3.63) is 53.3 Å². The Balaban J connectivity index is 1.71. The second-order valence-corrected chi connectivity index (χ2v) is 4.66. The minimum atomic E-state index is -0.436. The average molecular weight is 316 g/mol. The van der Waals surface area contributed by atoms with Crippen molar-refractivity contribution in [2.75, 3.05) is 13.9 Å². The highest BCUT2D eigenvalue weighted by Crippen LogP contribution is 2.41. The zero-order valence-corrected chi connectivity index (χ0v) is 12.2. The molecule has 0 atom stereocenters. The van der Waals surface area contributed by atoms with Gasteiger partial charge in [0, 0.05) is 11.1 Å². The van der Waals surface area contributed by atoms with Crippen LogP contribution in [0.1, 0.15) is 15.9 Å². The highest BCUT2D eigenvalue weighted by atomic mass is 19.1. The molecule has 0 unspecified atom stereocenters. The van der Waals surface area contributed by atoms with Crippen LogP contribution in [0.3, 0.4) is 0 Å². The van der Waals surface area contributed by atoms with Crippen LogP contribution in [-0.2, 0) is 0 Å². The summed E-state index contributed by atoms with van der Waals surface area (Å²) in [5, 5.41) is 3.87. The van der Waals surface area contributed by atoms with Gasteiger partial charge in [0.25, 0.3) is 5.91 Å². The SMILES string of the molecule is COc1cc(/C=N\NC(=O)c2ccc(F)cc2)cc2c1OCO2. The Morgan fingerprint density at radius 1 is 1.30 bits per heavy atom. The Bertz CT molecular complexity index is 759. The maximum absolute atomic E-state index is 12.8. The molecule has 0 saturated heterocycles. The number of rotatable bonds is 4. The van der Waals surface area contributed by atoms with E-state index in [0.29, 0.717) is 28.4 Å². The number of methoxy groups -OCH3 is 1. The number of carbonyl (C=O) groups is 1. The van der Waals surface area contributed by atoms with Gasteiger partial charge in [-0.2, -0.15) is 5.10 Å². The van der Waals surface area contributed by atoms with Crippen LogP contribution in [0.4, 0.5) is 4.39 Å². The minimum absolute atomic E-state index is 0.133. The van der Waals surface area contributed by atoms with E-state index in [9.17, 15) is 9.18 Å². The number of ether oxygens (including phenoxy) is 3. The van der Waals surface area contributed by atoms with Crippen molar-refractivity contribution in [1.82, 2.24) is 5.43 Å². The first-order valence-electron chi connectivity index (χ1n) is 6.74. The molecule has 1 amide bonds. The van der Waals surface area contributed by atoms with E-state index in [-0.39, 0.29) is 6.79 Å². The van der Waals surface area contributed by atoms with E-state index in [1.807, 2.05) is 0 Å². The molecular formula is C16H13FN2O4. The fourth-order valence-corrected chi connectivity index (χ4v) is 2.06. The Kier molecular flexibility index (Phi) is 4.09. The van der Waals surface area contributed by atoms with Gasteiger partial charge >= 0.3 is 0 Å². The van der Waals surface area contributed by atoms with Crippen molar-refractivity contribution >= 4 is 12.1 Å². The molecule has 1 aliphatic heterocycles. The summed E-state index contributed by atoms with van der Waals surface area (Å²) in [6, 6.07) is 8.61. The van der Waals surface area contributed by atoms with Crippen molar-refractivity contribution in [3.8, 4) is 17.2 Å². The van der Waals surface area contributed by atoms with Gasteiger partial charge < -0.3 is 14.2 Å². The first-order valence-corrected chi connectivity index (χ1v) is 6.74. The number of fused-ring (bicyclic) bond motifs is 1. The number of hydrazone groups is 1. The molecular weight excluding hydrogens is 303 g/mol. The quantitative estimate of drug-likeness (QED) is 0.694. The molecule has 0 bridgehead atoms. The largest absolute Gasteiger partial charge is 0.493 e. The summed E-state index contributed by atoms with van der Waals surface area (Å²) in [6.07, 6.45) is 1.45. The molecule has 118 valence electrons. The van der Waals surface area contributed by atoms with Gasteiger partial charge in [0.15, 0.2) is 11.5 Å². The van der Waals surface area contributed by atoms with Crippen molar-refractivity contribution < 1.29 is 23.4 Å². The smallest absolute Gasteiger partial charge is 0.271 e. The third-order valence-corrected chi connectivity index (χ3v) is 3.17.